The summed E-state index contributed by atoms with van der Waals surface area (Å²) in [4.78, 5) is 11.9. The number of benzene rings is 1. The van der Waals surface area contributed by atoms with E-state index in [1.54, 1.807) is 35.1 Å². The standard InChI is InChI=1S/C15H20N4O2/c1-19-10-12(9-18-19)6-7-17-15(21)14(16)8-11-2-4-13(20)5-3-11/h2-5,9-10,14,20H,6-8,16H2,1H3,(H,17,21). The van der Waals surface area contributed by atoms with E-state index >= 15 is 0 Å². The summed E-state index contributed by atoms with van der Waals surface area (Å²) in [6.07, 6.45) is 4.87. The van der Waals surface area contributed by atoms with Gasteiger partial charge < -0.3 is 16.2 Å². The van der Waals surface area contributed by atoms with Gasteiger partial charge in [0.2, 0.25) is 5.91 Å². The molecule has 112 valence electrons. The molecule has 1 aromatic carbocycles. The summed E-state index contributed by atoms with van der Waals surface area (Å²) < 4.78 is 1.73. The summed E-state index contributed by atoms with van der Waals surface area (Å²) in [5, 5.41) is 16.1. The van der Waals surface area contributed by atoms with Gasteiger partial charge in [-0.2, -0.15) is 5.10 Å². The molecule has 0 aliphatic heterocycles. The molecule has 4 N–H and O–H groups in total. The van der Waals surface area contributed by atoms with Gasteiger partial charge >= 0.3 is 0 Å². The average Bonchev–Trinajstić information content (AvgIpc) is 2.87. The first-order valence-corrected chi connectivity index (χ1v) is 6.83. The topological polar surface area (TPSA) is 93.2 Å². The predicted octanol–water partition coefficient (Wildman–Crippen LogP) is 0.354. The van der Waals surface area contributed by atoms with Gasteiger partial charge in [-0.05, 0) is 36.1 Å². The van der Waals surface area contributed by atoms with Gasteiger partial charge in [0.25, 0.3) is 0 Å². The molecule has 6 heteroatoms. The maximum absolute atomic E-state index is 11.9. The number of phenolic OH excluding ortho intramolecular Hbond substituents is 1. The van der Waals surface area contributed by atoms with Crippen LogP contribution in [-0.2, 0) is 24.7 Å². The molecule has 1 heterocycles. The van der Waals surface area contributed by atoms with Gasteiger partial charge in [-0.25, -0.2) is 0 Å². The molecule has 21 heavy (non-hydrogen) atoms. The Hall–Kier alpha value is -2.34. The number of carbonyl (C=O) groups is 1. The molecule has 1 aromatic heterocycles. The lowest BCUT2D eigenvalue weighted by Crippen LogP contribution is -2.42. The van der Waals surface area contributed by atoms with Crippen molar-refractivity contribution >= 4 is 5.91 Å². The van der Waals surface area contributed by atoms with Crippen molar-refractivity contribution in [3.8, 4) is 5.75 Å². The molecule has 1 unspecified atom stereocenters. The maximum Gasteiger partial charge on any atom is 0.237 e. The Balaban J connectivity index is 1.75. The first kappa shape index (κ1) is 15.1. The molecule has 2 rings (SSSR count). The van der Waals surface area contributed by atoms with Crippen LogP contribution in [0.2, 0.25) is 0 Å². The van der Waals surface area contributed by atoms with Crippen molar-refractivity contribution in [1.29, 1.82) is 0 Å². The second kappa shape index (κ2) is 6.90. The third-order valence-corrected chi connectivity index (χ3v) is 3.20. The molecule has 6 nitrogen and oxygen atoms in total. The monoisotopic (exact) mass is 288 g/mol. The van der Waals surface area contributed by atoms with Crippen molar-refractivity contribution in [1.82, 2.24) is 15.1 Å². The van der Waals surface area contributed by atoms with Crippen LogP contribution in [0, 0.1) is 0 Å². The molecule has 0 radical (unpaired) electrons. The Kier molecular flexibility index (Phi) is 4.94. The number of phenols is 1. The molecular formula is C15H20N4O2. The highest BCUT2D eigenvalue weighted by molar-refractivity contribution is 5.81. The SMILES string of the molecule is Cn1cc(CCNC(=O)C(N)Cc2ccc(O)cc2)cn1. The average molecular weight is 288 g/mol. The van der Waals surface area contributed by atoms with Gasteiger partial charge in [-0.15, -0.1) is 0 Å². The van der Waals surface area contributed by atoms with Crippen LogP contribution in [0.1, 0.15) is 11.1 Å². The zero-order valence-corrected chi connectivity index (χ0v) is 12.0. The number of nitrogens with one attached hydrogen (secondary N) is 1. The second-order valence-corrected chi connectivity index (χ2v) is 5.04. The number of amides is 1. The Bertz CT molecular complexity index is 592. The number of hydrogen-bond acceptors (Lipinski definition) is 4. The van der Waals surface area contributed by atoms with Crippen molar-refractivity contribution in [3.05, 3.63) is 47.8 Å². The van der Waals surface area contributed by atoms with E-state index in [2.05, 4.69) is 10.4 Å². The number of aromatic nitrogens is 2. The summed E-state index contributed by atoms with van der Waals surface area (Å²) in [5.41, 5.74) is 7.87. The van der Waals surface area contributed by atoms with E-state index in [1.807, 2.05) is 13.2 Å². The fraction of sp³-hybridized carbons (Fsp3) is 0.333. The summed E-state index contributed by atoms with van der Waals surface area (Å²) in [7, 11) is 1.86. The molecule has 0 bridgehead atoms. The molecule has 2 aromatic rings. The van der Waals surface area contributed by atoms with E-state index in [4.69, 9.17) is 5.73 Å². The van der Waals surface area contributed by atoms with Gasteiger partial charge in [0, 0.05) is 19.8 Å². The van der Waals surface area contributed by atoms with E-state index in [0.29, 0.717) is 13.0 Å². The molecular weight excluding hydrogens is 268 g/mol. The Labute approximate surface area is 123 Å². The highest BCUT2D eigenvalue weighted by Crippen LogP contribution is 2.10. The number of nitrogens with two attached hydrogens (primary N) is 1. The van der Waals surface area contributed by atoms with Crippen molar-refractivity contribution in [3.63, 3.8) is 0 Å². The first-order valence-electron chi connectivity index (χ1n) is 6.83. The normalized spacial score (nSPS) is 12.1. The van der Waals surface area contributed by atoms with Crippen molar-refractivity contribution in [2.75, 3.05) is 6.54 Å². The fourth-order valence-corrected chi connectivity index (χ4v) is 2.04. The molecule has 1 atom stereocenters. The highest BCUT2D eigenvalue weighted by Gasteiger charge is 2.13. The van der Waals surface area contributed by atoms with Gasteiger partial charge in [0.1, 0.15) is 5.75 Å². The van der Waals surface area contributed by atoms with Crippen molar-refractivity contribution in [2.24, 2.45) is 12.8 Å². The van der Waals surface area contributed by atoms with Crippen LogP contribution in [0.15, 0.2) is 36.7 Å². The van der Waals surface area contributed by atoms with Crippen LogP contribution in [-0.4, -0.2) is 33.4 Å². The third kappa shape index (κ3) is 4.61. The van der Waals surface area contributed by atoms with Crippen LogP contribution in [0.25, 0.3) is 0 Å². The Morgan fingerprint density at radius 2 is 2.10 bits per heavy atom. The molecule has 0 spiro atoms. The lowest BCUT2D eigenvalue weighted by molar-refractivity contribution is -0.122. The molecule has 0 fully saturated rings. The zero-order valence-electron chi connectivity index (χ0n) is 12.0. The first-order chi connectivity index (χ1) is 10.0. The predicted molar refractivity (Wildman–Crippen MR) is 79.7 cm³/mol. The molecule has 0 aliphatic carbocycles. The van der Waals surface area contributed by atoms with Gasteiger partial charge in [-0.3, -0.25) is 9.48 Å². The maximum atomic E-state index is 11.9. The van der Waals surface area contributed by atoms with Crippen LogP contribution < -0.4 is 11.1 Å². The van der Waals surface area contributed by atoms with Crippen molar-refractivity contribution in [2.45, 2.75) is 18.9 Å². The van der Waals surface area contributed by atoms with E-state index in [-0.39, 0.29) is 11.7 Å². The number of carbonyl (C=O) groups excluding carboxylic acids is 1. The molecule has 0 aliphatic rings. The van der Waals surface area contributed by atoms with Crippen molar-refractivity contribution < 1.29 is 9.90 Å². The summed E-state index contributed by atoms with van der Waals surface area (Å²) >= 11 is 0. The second-order valence-electron chi connectivity index (χ2n) is 5.04. The Morgan fingerprint density at radius 1 is 1.38 bits per heavy atom. The fourth-order valence-electron chi connectivity index (χ4n) is 2.04. The molecule has 0 saturated heterocycles. The summed E-state index contributed by atoms with van der Waals surface area (Å²) in [5.74, 6) is 0.0280. The van der Waals surface area contributed by atoms with Gasteiger partial charge in [0.15, 0.2) is 0 Å². The van der Waals surface area contributed by atoms with E-state index < -0.39 is 6.04 Å². The van der Waals surface area contributed by atoms with Gasteiger partial charge in [-0.1, -0.05) is 12.1 Å². The van der Waals surface area contributed by atoms with E-state index in [0.717, 1.165) is 17.5 Å². The zero-order chi connectivity index (χ0) is 15.2. The largest absolute Gasteiger partial charge is 0.508 e. The smallest absolute Gasteiger partial charge is 0.237 e. The summed E-state index contributed by atoms with van der Waals surface area (Å²) in [6.45, 7) is 0.536. The lowest BCUT2D eigenvalue weighted by Gasteiger charge is -2.12. The van der Waals surface area contributed by atoms with Gasteiger partial charge in [0.05, 0.1) is 12.2 Å². The van der Waals surface area contributed by atoms with Crippen LogP contribution >= 0.6 is 0 Å². The van der Waals surface area contributed by atoms with Crippen LogP contribution in [0.4, 0.5) is 0 Å². The van der Waals surface area contributed by atoms with Crippen LogP contribution in [0.3, 0.4) is 0 Å². The number of aryl methyl sites for hydroxylation is 1. The quantitative estimate of drug-likeness (QED) is 0.715. The number of aromatic hydroxyl groups is 1. The molecule has 1 amide bonds. The highest BCUT2D eigenvalue weighted by atomic mass is 16.3. The number of nitrogens with zero attached hydrogens (tertiary/aromatic N) is 2. The number of hydrogen-bond donors (Lipinski definition) is 3. The minimum atomic E-state index is -0.594. The Morgan fingerprint density at radius 3 is 2.71 bits per heavy atom. The minimum absolute atomic E-state index is 0.174. The lowest BCUT2D eigenvalue weighted by atomic mass is 10.1. The third-order valence-electron chi connectivity index (χ3n) is 3.20. The number of rotatable bonds is 6. The molecule has 0 saturated carbocycles. The van der Waals surface area contributed by atoms with Crippen LogP contribution in [0.5, 0.6) is 5.75 Å². The minimum Gasteiger partial charge on any atom is -0.508 e. The van der Waals surface area contributed by atoms with E-state index in [9.17, 15) is 9.90 Å². The van der Waals surface area contributed by atoms with E-state index in [1.165, 1.54) is 0 Å². The summed E-state index contributed by atoms with van der Waals surface area (Å²) in [6, 6.07) is 6.10.